The summed E-state index contributed by atoms with van der Waals surface area (Å²) >= 11 is 1.65. The van der Waals surface area contributed by atoms with Crippen molar-refractivity contribution in [3.63, 3.8) is 0 Å². The fourth-order valence-electron chi connectivity index (χ4n) is 5.09. The van der Waals surface area contributed by atoms with E-state index >= 15 is 0 Å². The quantitative estimate of drug-likeness (QED) is 0.504. The van der Waals surface area contributed by atoms with E-state index in [-0.39, 0.29) is 11.0 Å². The van der Waals surface area contributed by atoms with Crippen molar-refractivity contribution in [1.29, 1.82) is 0 Å². The van der Waals surface area contributed by atoms with Crippen LogP contribution in [0.5, 0.6) is 0 Å². The zero-order valence-electron chi connectivity index (χ0n) is 17.5. The molecule has 0 radical (unpaired) electrons. The van der Waals surface area contributed by atoms with E-state index in [1.807, 2.05) is 30.6 Å². The van der Waals surface area contributed by atoms with Crippen molar-refractivity contribution in [2.45, 2.75) is 26.2 Å². The van der Waals surface area contributed by atoms with E-state index in [1.54, 1.807) is 11.3 Å². The monoisotopic (exact) mass is 432 g/mol. The number of aromatic nitrogens is 3. The highest BCUT2D eigenvalue weighted by molar-refractivity contribution is 7.17. The molecule has 1 spiro atoms. The van der Waals surface area contributed by atoms with Crippen molar-refractivity contribution >= 4 is 38.0 Å². The third-order valence-corrected chi connectivity index (χ3v) is 7.64. The lowest BCUT2D eigenvalue weighted by molar-refractivity contribution is 0.00439. The Balaban J connectivity index is 1.39. The molecule has 2 aliphatic heterocycles. The zero-order valence-corrected chi connectivity index (χ0v) is 18.3. The maximum absolute atomic E-state index is 13.0. The van der Waals surface area contributed by atoms with E-state index in [1.165, 1.54) is 6.42 Å². The predicted molar refractivity (Wildman–Crippen MR) is 125 cm³/mol. The molecule has 158 valence electrons. The number of aromatic amines is 1. The van der Waals surface area contributed by atoms with Crippen LogP contribution in [0.15, 0.2) is 40.6 Å². The molecule has 2 saturated heterocycles. The van der Waals surface area contributed by atoms with E-state index < -0.39 is 0 Å². The lowest BCUT2D eigenvalue weighted by Crippen LogP contribution is -2.35. The van der Waals surface area contributed by atoms with Gasteiger partial charge >= 0.3 is 0 Å². The molecule has 1 unspecified atom stereocenters. The number of aryl methyl sites for hydroxylation is 1. The first-order chi connectivity index (χ1) is 15.1. The van der Waals surface area contributed by atoms with Gasteiger partial charge in [0.25, 0.3) is 5.56 Å². The summed E-state index contributed by atoms with van der Waals surface area (Å²) in [6.07, 6.45) is 5.35. The van der Waals surface area contributed by atoms with Crippen molar-refractivity contribution in [3.05, 3.63) is 51.8 Å². The van der Waals surface area contributed by atoms with Crippen molar-refractivity contribution in [2.75, 3.05) is 31.2 Å². The van der Waals surface area contributed by atoms with E-state index in [0.29, 0.717) is 16.9 Å². The number of nitrogens with zero attached hydrogens (tertiary/aromatic N) is 3. The van der Waals surface area contributed by atoms with Gasteiger partial charge in [-0.25, -0.2) is 4.98 Å². The molecule has 31 heavy (non-hydrogen) atoms. The van der Waals surface area contributed by atoms with Crippen LogP contribution >= 0.6 is 11.3 Å². The standard InChI is InChI=1S/C24H24N4O2S/c1-15-9-17(28-6-5-24(13-28)4-2-7-30-14-24)11-18-21(15)26-22(27-23(18)29)19-10-16-3-8-31-20(16)12-25-19/h3,8-12H,2,4-7,13-14H2,1H3,(H,26,27,29). The van der Waals surface area contributed by atoms with Gasteiger partial charge in [-0.2, -0.15) is 0 Å². The van der Waals surface area contributed by atoms with Crippen LogP contribution in [0.25, 0.3) is 32.5 Å². The maximum Gasteiger partial charge on any atom is 0.259 e. The second-order valence-electron chi connectivity index (χ2n) is 8.93. The Morgan fingerprint density at radius 3 is 3.06 bits per heavy atom. The molecule has 3 aromatic heterocycles. The Bertz CT molecular complexity index is 1350. The molecule has 0 saturated carbocycles. The highest BCUT2D eigenvalue weighted by Gasteiger charge is 2.39. The maximum atomic E-state index is 13.0. The third kappa shape index (κ3) is 3.23. The summed E-state index contributed by atoms with van der Waals surface area (Å²) in [4.78, 5) is 27.7. The van der Waals surface area contributed by atoms with Gasteiger partial charge in [-0.15, -0.1) is 11.3 Å². The van der Waals surface area contributed by atoms with Crippen LogP contribution in [-0.2, 0) is 4.74 Å². The number of hydrogen-bond donors (Lipinski definition) is 1. The highest BCUT2D eigenvalue weighted by Crippen LogP contribution is 2.40. The minimum atomic E-state index is -0.118. The number of fused-ring (bicyclic) bond motifs is 2. The first kappa shape index (κ1) is 19.0. The van der Waals surface area contributed by atoms with Gasteiger partial charge in [-0.1, -0.05) is 0 Å². The van der Waals surface area contributed by atoms with Crippen LogP contribution in [0.3, 0.4) is 0 Å². The lowest BCUT2D eigenvalue weighted by atomic mass is 9.82. The second kappa shape index (κ2) is 7.14. The van der Waals surface area contributed by atoms with Gasteiger partial charge in [0.2, 0.25) is 0 Å². The molecule has 2 aliphatic rings. The molecule has 6 rings (SSSR count). The number of pyridine rings is 1. The van der Waals surface area contributed by atoms with Crippen LogP contribution in [0.4, 0.5) is 5.69 Å². The summed E-state index contributed by atoms with van der Waals surface area (Å²) in [7, 11) is 0. The summed E-state index contributed by atoms with van der Waals surface area (Å²) in [5, 5.41) is 3.79. The molecule has 1 atom stereocenters. The molecule has 5 heterocycles. The summed E-state index contributed by atoms with van der Waals surface area (Å²) in [5.74, 6) is 0.515. The largest absolute Gasteiger partial charge is 0.381 e. The molecule has 2 fully saturated rings. The van der Waals surface area contributed by atoms with E-state index in [2.05, 4.69) is 27.0 Å². The average Bonchev–Trinajstić information content (AvgIpc) is 3.41. The van der Waals surface area contributed by atoms with Gasteiger partial charge in [-0.3, -0.25) is 9.78 Å². The van der Waals surface area contributed by atoms with E-state index in [9.17, 15) is 4.79 Å². The molecule has 1 N–H and O–H groups in total. The third-order valence-electron chi connectivity index (χ3n) is 6.78. The summed E-state index contributed by atoms with van der Waals surface area (Å²) < 4.78 is 6.91. The fraction of sp³-hybridized carbons (Fsp3) is 0.375. The second-order valence-corrected chi connectivity index (χ2v) is 9.88. The molecular formula is C24H24N4O2S. The lowest BCUT2D eigenvalue weighted by Gasteiger charge is -2.33. The topological polar surface area (TPSA) is 71.1 Å². The Morgan fingerprint density at radius 1 is 1.26 bits per heavy atom. The van der Waals surface area contributed by atoms with Crippen LogP contribution in [0, 0.1) is 12.3 Å². The number of hydrogen-bond acceptors (Lipinski definition) is 6. The van der Waals surface area contributed by atoms with Crippen molar-refractivity contribution in [1.82, 2.24) is 15.0 Å². The molecule has 4 aromatic rings. The molecule has 1 aromatic carbocycles. The number of benzene rings is 1. The zero-order chi connectivity index (χ0) is 21.0. The smallest absolute Gasteiger partial charge is 0.259 e. The molecule has 0 amide bonds. The Hall–Kier alpha value is -2.77. The van der Waals surface area contributed by atoms with Crippen LogP contribution in [0.2, 0.25) is 0 Å². The Morgan fingerprint density at radius 2 is 2.19 bits per heavy atom. The number of H-pyrrole nitrogens is 1. The van der Waals surface area contributed by atoms with Gasteiger partial charge in [0.1, 0.15) is 5.69 Å². The number of thiophene rings is 1. The summed E-state index contributed by atoms with van der Waals surface area (Å²) in [6.45, 7) is 5.76. The number of anilines is 1. The van der Waals surface area contributed by atoms with Gasteiger partial charge in [0.05, 0.1) is 22.2 Å². The minimum Gasteiger partial charge on any atom is -0.381 e. The first-order valence-electron chi connectivity index (χ1n) is 10.8. The Kier molecular flexibility index (Phi) is 4.36. The van der Waals surface area contributed by atoms with Crippen LogP contribution < -0.4 is 10.5 Å². The highest BCUT2D eigenvalue weighted by atomic mass is 32.1. The van der Waals surface area contributed by atoms with Gasteiger partial charge in [0.15, 0.2) is 5.82 Å². The van der Waals surface area contributed by atoms with Gasteiger partial charge in [0, 0.05) is 37.0 Å². The van der Waals surface area contributed by atoms with Crippen molar-refractivity contribution in [2.24, 2.45) is 5.41 Å². The number of nitrogens with one attached hydrogen (secondary N) is 1. The van der Waals surface area contributed by atoms with E-state index in [0.717, 1.165) is 66.0 Å². The van der Waals surface area contributed by atoms with Crippen molar-refractivity contribution < 1.29 is 4.74 Å². The van der Waals surface area contributed by atoms with Crippen molar-refractivity contribution in [3.8, 4) is 11.5 Å². The average molecular weight is 433 g/mol. The van der Waals surface area contributed by atoms with Crippen LogP contribution in [0.1, 0.15) is 24.8 Å². The van der Waals surface area contributed by atoms with Gasteiger partial charge in [-0.05, 0) is 66.8 Å². The molecule has 0 aliphatic carbocycles. The number of ether oxygens (including phenoxy) is 1. The van der Waals surface area contributed by atoms with E-state index in [4.69, 9.17) is 9.72 Å². The normalized spacial score (nSPS) is 21.5. The predicted octanol–water partition coefficient (Wildman–Crippen LogP) is 4.52. The molecule has 0 bridgehead atoms. The SMILES string of the molecule is Cc1cc(N2CCC3(CCCOC3)C2)cc2c(=O)[nH]c(-c3cc4ccsc4cn3)nc12. The van der Waals surface area contributed by atoms with Gasteiger partial charge < -0.3 is 14.6 Å². The minimum absolute atomic E-state index is 0.118. The molecular weight excluding hydrogens is 408 g/mol. The Labute approximate surface area is 183 Å². The fourth-order valence-corrected chi connectivity index (χ4v) is 5.82. The number of rotatable bonds is 2. The summed E-state index contributed by atoms with van der Waals surface area (Å²) in [6, 6.07) is 8.20. The molecule has 6 nitrogen and oxygen atoms in total. The first-order valence-corrected chi connectivity index (χ1v) is 11.7. The molecule has 7 heteroatoms. The van der Waals surface area contributed by atoms with Crippen LogP contribution in [-0.4, -0.2) is 41.3 Å². The summed E-state index contributed by atoms with van der Waals surface area (Å²) in [5.41, 5.74) is 3.69.